The van der Waals surface area contributed by atoms with E-state index >= 15 is 0 Å². The molecule has 0 atom stereocenters. The van der Waals surface area contributed by atoms with Crippen LogP contribution in [0, 0.1) is 0 Å². The average Bonchev–Trinajstić information content (AvgIpc) is 2.63. The maximum Gasteiger partial charge on any atom is 0.187 e. The van der Waals surface area contributed by atoms with Crippen LogP contribution in [0.25, 0.3) is 11.1 Å². The van der Waals surface area contributed by atoms with Gasteiger partial charge in [0, 0.05) is 36.8 Å². The van der Waals surface area contributed by atoms with Gasteiger partial charge in [-0.25, -0.2) is 0 Å². The molecule has 0 aromatic heterocycles. The second kappa shape index (κ2) is 6.01. The molecule has 1 saturated heterocycles. The summed E-state index contributed by atoms with van der Waals surface area (Å²) in [5.74, 6) is 0.116. The standard InChI is InChI=1S/C20H19NO2/c22-20-14-16(21-9-11-23-12-10-21)13-19-17(7-4-8-18(19)20)15-5-2-1-3-6-15/h1-8,14H,9-13H2. The lowest BCUT2D eigenvalue weighted by Crippen LogP contribution is -2.37. The molecule has 2 aromatic carbocycles. The molecule has 4 rings (SSSR count). The highest BCUT2D eigenvalue weighted by Crippen LogP contribution is 2.32. The van der Waals surface area contributed by atoms with Crippen LogP contribution in [0.4, 0.5) is 0 Å². The zero-order valence-corrected chi connectivity index (χ0v) is 13.0. The minimum atomic E-state index is 0.116. The van der Waals surface area contributed by atoms with E-state index in [2.05, 4.69) is 23.1 Å². The van der Waals surface area contributed by atoms with Gasteiger partial charge in [0.05, 0.1) is 13.2 Å². The van der Waals surface area contributed by atoms with Gasteiger partial charge in [0.2, 0.25) is 0 Å². The number of nitrogens with zero attached hydrogens (tertiary/aromatic N) is 1. The van der Waals surface area contributed by atoms with Crippen LogP contribution in [-0.2, 0) is 11.2 Å². The Balaban J connectivity index is 1.74. The number of carbonyl (C=O) groups is 1. The van der Waals surface area contributed by atoms with Gasteiger partial charge in [0.1, 0.15) is 0 Å². The maximum atomic E-state index is 12.6. The topological polar surface area (TPSA) is 29.5 Å². The van der Waals surface area contributed by atoms with E-state index in [0.717, 1.165) is 55.1 Å². The highest BCUT2D eigenvalue weighted by atomic mass is 16.5. The predicted octanol–water partition coefficient (Wildman–Crippen LogP) is 3.31. The zero-order chi connectivity index (χ0) is 15.6. The Labute approximate surface area is 136 Å². The lowest BCUT2D eigenvalue weighted by molar-refractivity contribution is 0.0521. The summed E-state index contributed by atoms with van der Waals surface area (Å²) in [5, 5.41) is 0. The first-order valence-corrected chi connectivity index (χ1v) is 8.08. The van der Waals surface area contributed by atoms with Crippen LogP contribution in [0.5, 0.6) is 0 Å². The molecule has 3 nitrogen and oxygen atoms in total. The fourth-order valence-electron chi connectivity index (χ4n) is 3.41. The third-order valence-electron chi connectivity index (χ3n) is 4.60. The number of ether oxygens (including phenoxy) is 1. The molecule has 2 aliphatic rings. The van der Waals surface area contributed by atoms with E-state index in [9.17, 15) is 4.79 Å². The van der Waals surface area contributed by atoms with E-state index in [4.69, 9.17) is 4.74 Å². The van der Waals surface area contributed by atoms with Crippen LogP contribution in [0.1, 0.15) is 15.9 Å². The Morgan fingerprint density at radius 2 is 1.61 bits per heavy atom. The second-order valence-electron chi connectivity index (χ2n) is 5.97. The maximum absolute atomic E-state index is 12.6. The van der Waals surface area contributed by atoms with Crippen molar-refractivity contribution < 1.29 is 9.53 Å². The molecule has 23 heavy (non-hydrogen) atoms. The monoisotopic (exact) mass is 305 g/mol. The smallest absolute Gasteiger partial charge is 0.187 e. The van der Waals surface area contributed by atoms with E-state index in [1.54, 1.807) is 0 Å². The summed E-state index contributed by atoms with van der Waals surface area (Å²) in [4.78, 5) is 14.9. The zero-order valence-electron chi connectivity index (χ0n) is 13.0. The van der Waals surface area contributed by atoms with Gasteiger partial charge < -0.3 is 9.64 Å². The molecule has 2 aromatic rings. The Hall–Kier alpha value is -2.39. The Kier molecular flexibility index (Phi) is 3.72. The highest BCUT2D eigenvalue weighted by molar-refractivity contribution is 6.08. The summed E-state index contributed by atoms with van der Waals surface area (Å²) in [7, 11) is 0. The van der Waals surface area contributed by atoms with Crippen molar-refractivity contribution in [2.24, 2.45) is 0 Å². The molecule has 0 amide bonds. The third-order valence-corrected chi connectivity index (χ3v) is 4.60. The van der Waals surface area contributed by atoms with Gasteiger partial charge in [0.15, 0.2) is 5.78 Å². The largest absolute Gasteiger partial charge is 0.378 e. The fourth-order valence-corrected chi connectivity index (χ4v) is 3.41. The van der Waals surface area contributed by atoms with Crippen molar-refractivity contribution in [1.82, 2.24) is 4.90 Å². The van der Waals surface area contributed by atoms with E-state index < -0.39 is 0 Å². The van der Waals surface area contributed by atoms with Crippen molar-refractivity contribution in [2.45, 2.75) is 6.42 Å². The molecule has 0 unspecified atom stereocenters. The summed E-state index contributed by atoms with van der Waals surface area (Å²) in [6, 6.07) is 16.3. The first-order valence-electron chi connectivity index (χ1n) is 8.08. The molecule has 116 valence electrons. The van der Waals surface area contributed by atoms with Crippen LogP contribution >= 0.6 is 0 Å². The SMILES string of the molecule is O=C1C=C(N2CCOCC2)Cc2c1cccc2-c1ccccc1. The van der Waals surface area contributed by atoms with Gasteiger partial charge in [0.25, 0.3) is 0 Å². The Morgan fingerprint density at radius 3 is 2.39 bits per heavy atom. The molecule has 0 radical (unpaired) electrons. The van der Waals surface area contributed by atoms with Crippen LogP contribution in [0.3, 0.4) is 0 Å². The van der Waals surface area contributed by atoms with Crippen LogP contribution in [0.15, 0.2) is 60.3 Å². The minimum Gasteiger partial charge on any atom is -0.378 e. The predicted molar refractivity (Wildman–Crippen MR) is 90.4 cm³/mol. The normalized spacial score (nSPS) is 17.7. The molecule has 0 spiro atoms. The van der Waals surface area contributed by atoms with Gasteiger partial charge in [-0.15, -0.1) is 0 Å². The van der Waals surface area contributed by atoms with E-state index in [0.29, 0.717) is 0 Å². The van der Waals surface area contributed by atoms with Crippen LogP contribution < -0.4 is 0 Å². The molecule has 1 aliphatic carbocycles. The lowest BCUT2D eigenvalue weighted by Gasteiger charge is -2.33. The molecule has 3 heteroatoms. The van der Waals surface area contributed by atoms with Gasteiger partial charge in [-0.05, 0) is 16.7 Å². The Bertz CT molecular complexity index is 758. The second-order valence-corrected chi connectivity index (χ2v) is 5.97. The van der Waals surface area contributed by atoms with E-state index in [1.165, 1.54) is 5.56 Å². The van der Waals surface area contributed by atoms with Crippen molar-refractivity contribution in [3.05, 3.63) is 71.4 Å². The Morgan fingerprint density at radius 1 is 0.870 bits per heavy atom. The van der Waals surface area contributed by atoms with Crippen molar-refractivity contribution in [3.8, 4) is 11.1 Å². The number of morpholine rings is 1. The molecule has 1 fully saturated rings. The summed E-state index contributed by atoms with van der Waals surface area (Å²) >= 11 is 0. The fraction of sp³-hybridized carbons (Fsp3) is 0.250. The van der Waals surface area contributed by atoms with Crippen LogP contribution in [-0.4, -0.2) is 37.0 Å². The van der Waals surface area contributed by atoms with E-state index in [1.807, 2.05) is 36.4 Å². The van der Waals surface area contributed by atoms with Crippen molar-refractivity contribution in [3.63, 3.8) is 0 Å². The van der Waals surface area contributed by atoms with Crippen molar-refractivity contribution >= 4 is 5.78 Å². The quantitative estimate of drug-likeness (QED) is 0.852. The summed E-state index contributed by atoms with van der Waals surface area (Å²) in [6.45, 7) is 3.20. The summed E-state index contributed by atoms with van der Waals surface area (Å²) < 4.78 is 5.43. The van der Waals surface area contributed by atoms with Gasteiger partial charge in [-0.3, -0.25) is 4.79 Å². The average molecular weight is 305 g/mol. The van der Waals surface area contributed by atoms with Gasteiger partial charge >= 0.3 is 0 Å². The molecule has 1 heterocycles. The molecular formula is C20H19NO2. The molecule has 0 saturated carbocycles. The molecule has 0 N–H and O–H groups in total. The number of benzene rings is 2. The number of fused-ring (bicyclic) bond motifs is 1. The number of ketones is 1. The minimum absolute atomic E-state index is 0.116. The molecule has 1 aliphatic heterocycles. The highest BCUT2D eigenvalue weighted by Gasteiger charge is 2.24. The van der Waals surface area contributed by atoms with E-state index in [-0.39, 0.29) is 5.78 Å². The third kappa shape index (κ3) is 2.68. The number of carbonyl (C=O) groups excluding carboxylic acids is 1. The first-order chi connectivity index (χ1) is 11.3. The molecular weight excluding hydrogens is 286 g/mol. The summed E-state index contributed by atoms with van der Waals surface area (Å²) in [5.41, 5.74) is 5.43. The first kappa shape index (κ1) is 14.2. The van der Waals surface area contributed by atoms with Crippen molar-refractivity contribution in [2.75, 3.05) is 26.3 Å². The molecule has 0 bridgehead atoms. The number of hydrogen-bond acceptors (Lipinski definition) is 3. The summed E-state index contributed by atoms with van der Waals surface area (Å²) in [6.07, 6.45) is 2.62. The van der Waals surface area contributed by atoms with Gasteiger partial charge in [-0.2, -0.15) is 0 Å². The van der Waals surface area contributed by atoms with Gasteiger partial charge in [-0.1, -0.05) is 48.5 Å². The van der Waals surface area contributed by atoms with Crippen molar-refractivity contribution in [1.29, 1.82) is 0 Å². The van der Waals surface area contributed by atoms with Crippen LogP contribution in [0.2, 0.25) is 0 Å². The number of rotatable bonds is 2. The number of hydrogen-bond donors (Lipinski definition) is 0. The number of allylic oxidation sites excluding steroid dienone is 2. The lowest BCUT2D eigenvalue weighted by atomic mass is 9.87.